The predicted octanol–water partition coefficient (Wildman–Crippen LogP) is 0.0277. The van der Waals surface area contributed by atoms with E-state index < -0.39 is 0 Å². The molecular formula is C6H5ClKN. The molecule has 42 valence electrons. The molecule has 0 heterocycles. The third kappa shape index (κ3) is 3.60. The molecule has 1 N–H and O–H groups in total. The summed E-state index contributed by atoms with van der Waals surface area (Å²) >= 11 is 5.53. The van der Waals surface area contributed by atoms with E-state index in [9.17, 15) is 0 Å². The molecule has 0 atom stereocenters. The quantitative estimate of drug-likeness (QED) is 0.485. The van der Waals surface area contributed by atoms with Crippen molar-refractivity contribution in [2.24, 2.45) is 0 Å². The first-order valence-electron chi connectivity index (χ1n) is 2.26. The van der Waals surface area contributed by atoms with Gasteiger partial charge in [0.2, 0.25) is 0 Å². The molecule has 1 aromatic rings. The SMILES string of the molecule is [K+].[NH-]c1ccc(Cl)cc1. The predicted molar refractivity (Wildman–Crippen MR) is 35.4 cm³/mol. The van der Waals surface area contributed by atoms with Gasteiger partial charge in [-0.1, -0.05) is 23.7 Å². The van der Waals surface area contributed by atoms with Crippen LogP contribution in [0.4, 0.5) is 5.69 Å². The molecule has 0 spiro atoms. The molecule has 0 aliphatic carbocycles. The number of rotatable bonds is 0. The molecular weight excluding hydrogens is 161 g/mol. The maximum Gasteiger partial charge on any atom is 1.00 e. The molecule has 0 aromatic heterocycles. The van der Waals surface area contributed by atoms with Crippen LogP contribution < -0.4 is 51.4 Å². The van der Waals surface area contributed by atoms with Crippen LogP contribution in [-0.4, -0.2) is 0 Å². The molecule has 0 saturated carbocycles. The van der Waals surface area contributed by atoms with Gasteiger partial charge in [-0.3, -0.25) is 0 Å². The van der Waals surface area contributed by atoms with Crippen molar-refractivity contribution in [3.63, 3.8) is 0 Å². The molecule has 0 radical (unpaired) electrons. The molecule has 0 bridgehead atoms. The smallest absolute Gasteiger partial charge is 0.699 e. The van der Waals surface area contributed by atoms with E-state index in [0.717, 1.165) is 0 Å². The van der Waals surface area contributed by atoms with E-state index in [4.69, 9.17) is 17.3 Å². The zero-order valence-electron chi connectivity index (χ0n) is 5.19. The van der Waals surface area contributed by atoms with E-state index in [0.29, 0.717) is 10.7 Å². The van der Waals surface area contributed by atoms with Crippen molar-refractivity contribution in [1.29, 1.82) is 0 Å². The van der Waals surface area contributed by atoms with Gasteiger partial charge in [0.05, 0.1) is 0 Å². The minimum Gasteiger partial charge on any atom is -0.699 e. The average Bonchev–Trinajstić information content (AvgIpc) is 1.77. The van der Waals surface area contributed by atoms with E-state index in [1.807, 2.05) is 0 Å². The van der Waals surface area contributed by atoms with Crippen molar-refractivity contribution in [1.82, 2.24) is 0 Å². The van der Waals surface area contributed by atoms with E-state index >= 15 is 0 Å². The van der Waals surface area contributed by atoms with Crippen LogP contribution in [0.3, 0.4) is 0 Å². The minimum atomic E-state index is 0. The van der Waals surface area contributed by atoms with Crippen LogP contribution in [0.1, 0.15) is 0 Å². The Kier molecular flexibility index (Phi) is 5.21. The second-order valence-electron chi connectivity index (χ2n) is 1.51. The molecule has 1 rings (SSSR count). The van der Waals surface area contributed by atoms with Crippen LogP contribution in [0, 0.1) is 0 Å². The largest absolute Gasteiger partial charge is 1.00 e. The fraction of sp³-hybridized carbons (Fsp3) is 0. The maximum absolute atomic E-state index is 7.03. The Hall–Kier alpha value is 0.946. The van der Waals surface area contributed by atoms with Crippen LogP contribution in [-0.2, 0) is 0 Å². The van der Waals surface area contributed by atoms with Crippen LogP contribution >= 0.6 is 11.6 Å². The number of hydrogen-bond donors (Lipinski definition) is 0. The van der Waals surface area contributed by atoms with Gasteiger partial charge in [-0.15, -0.1) is 5.69 Å². The summed E-state index contributed by atoms with van der Waals surface area (Å²) in [6.45, 7) is 0. The standard InChI is InChI=1S/C6H5ClN.K/c7-5-1-3-6(8)4-2-5;/h1-4,8H;/q-1;+1. The fourth-order valence-electron chi connectivity index (χ4n) is 0.450. The van der Waals surface area contributed by atoms with Gasteiger partial charge in [0.25, 0.3) is 0 Å². The topological polar surface area (TPSA) is 23.8 Å². The summed E-state index contributed by atoms with van der Waals surface area (Å²) in [5.41, 5.74) is 7.53. The van der Waals surface area contributed by atoms with Gasteiger partial charge in [-0.25, -0.2) is 0 Å². The molecule has 0 aliphatic heterocycles. The van der Waals surface area contributed by atoms with Crippen LogP contribution in [0.5, 0.6) is 0 Å². The number of nitrogens with one attached hydrogen (secondary N) is 1. The fourth-order valence-corrected chi connectivity index (χ4v) is 0.576. The molecule has 3 heteroatoms. The molecule has 0 amide bonds. The molecule has 9 heavy (non-hydrogen) atoms. The Morgan fingerprint density at radius 3 is 1.89 bits per heavy atom. The Morgan fingerprint density at radius 1 is 1.11 bits per heavy atom. The van der Waals surface area contributed by atoms with E-state index in [1.54, 1.807) is 24.3 Å². The molecule has 0 fully saturated rings. The number of halogens is 1. The second kappa shape index (κ2) is 4.71. The van der Waals surface area contributed by atoms with Gasteiger partial charge in [0.1, 0.15) is 0 Å². The summed E-state index contributed by atoms with van der Waals surface area (Å²) in [6.07, 6.45) is 0. The van der Waals surface area contributed by atoms with Crippen LogP contribution in [0.25, 0.3) is 5.73 Å². The van der Waals surface area contributed by atoms with Gasteiger partial charge >= 0.3 is 51.4 Å². The zero-order valence-corrected chi connectivity index (χ0v) is 9.07. The molecule has 1 aromatic carbocycles. The van der Waals surface area contributed by atoms with E-state index in [1.165, 1.54) is 0 Å². The Morgan fingerprint density at radius 2 is 1.56 bits per heavy atom. The van der Waals surface area contributed by atoms with Crippen molar-refractivity contribution in [3.8, 4) is 0 Å². The first-order chi connectivity index (χ1) is 3.79. The van der Waals surface area contributed by atoms with Gasteiger partial charge in [0.15, 0.2) is 0 Å². The summed E-state index contributed by atoms with van der Waals surface area (Å²) in [6, 6.07) is 6.71. The zero-order chi connectivity index (χ0) is 5.98. The summed E-state index contributed by atoms with van der Waals surface area (Å²) < 4.78 is 0. The van der Waals surface area contributed by atoms with Crippen molar-refractivity contribution in [3.05, 3.63) is 35.0 Å². The second-order valence-corrected chi connectivity index (χ2v) is 1.94. The maximum atomic E-state index is 7.03. The first-order valence-corrected chi connectivity index (χ1v) is 2.64. The Labute approximate surface area is 102 Å². The van der Waals surface area contributed by atoms with Gasteiger partial charge in [-0.05, 0) is 12.1 Å². The Bertz CT molecular complexity index is 152. The van der Waals surface area contributed by atoms with Crippen molar-refractivity contribution in [2.45, 2.75) is 0 Å². The summed E-state index contributed by atoms with van der Waals surface area (Å²) in [7, 11) is 0. The van der Waals surface area contributed by atoms with E-state index in [-0.39, 0.29) is 51.4 Å². The van der Waals surface area contributed by atoms with Gasteiger partial charge in [0, 0.05) is 5.02 Å². The minimum absolute atomic E-state index is 0. The van der Waals surface area contributed by atoms with Gasteiger partial charge in [-0.2, -0.15) is 0 Å². The monoisotopic (exact) mass is 165 g/mol. The average molecular weight is 166 g/mol. The van der Waals surface area contributed by atoms with Crippen molar-refractivity contribution in [2.75, 3.05) is 0 Å². The van der Waals surface area contributed by atoms with Gasteiger partial charge < -0.3 is 5.73 Å². The van der Waals surface area contributed by atoms with Crippen molar-refractivity contribution >= 4 is 17.3 Å². The summed E-state index contributed by atoms with van der Waals surface area (Å²) in [4.78, 5) is 0. The van der Waals surface area contributed by atoms with E-state index in [2.05, 4.69) is 0 Å². The number of hydrogen-bond acceptors (Lipinski definition) is 0. The molecule has 0 aliphatic rings. The van der Waals surface area contributed by atoms with Crippen molar-refractivity contribution < 1.29 is 51.4 Å². The van der Waals surface area contributed by atoms with Crippen LogP contribution in [0.2, 0.25) is 5.02 Å². The Balaban J connectivity index is 0.000000640. The number of benzene rings is 1. The molecule has 0 unspecified atom stereocenters. The third-order valence-electron chi connectivity index (χ3n) is 0.844. The summed E-state index contributed by atoms with van der Waals surface area (Å²) in [5.74, 6) is 0. The normalized spacial score (nSPS) is 8.11. The molecule has 0 saturated heterocycles. The summed E-state index contributed by atoms with van der Waals surface area (Å²) in [5, 5.41) is 0.681. The van der Waals surface area contributed by atoms with Crippen LogP contribution in [0.15, 0.2) is 24.3 Å². The third-order valence-corrected chi connectivity index (χ3v) is 1.10. The first kappa shape index (κ1) is 9.95. The molecule has 1 nitrogen and oxygen atoms in total.